The lowest BCUT2D eigenvalue weighted by molar-refractivity contribution is 0.572. The van der Waals surface area contributed by atoms with Crippen LogP contribution in [0.3, 0.4) is 0 Å². The first-order valence-electron chi connectivity index (χ1n) is 7.24. The molecule has 0 saturated carbocycles. The highest BCUT2D eigenvalue weighted by molar-refractivity contribution is 6.35. The van der Waals surface area contributed by atoms with Crippen LogP contribution in [0.2, 0.25) is 10.0 Å². The van der Waals surface area contributed by atoms with E-state index in [2.05, 4.69) is 6.92 Å². The van der Waals surface area contributed by atoms with E-state index in [1.54, 1.807) is 6.07 Å². The van der Waals surface area contributed by atoms with Crippen molar-refractivity contribution in [2.45, 2.75) is 63.7 Å². The summed E-state index contributed by atoms with van der Waals surface area (Å²) in [6.07, 6.45) is 10.1. The van der Waals surface area contributed by atoms with E-state index in [4.69, 9.17) is 34.8 Å². The van der Waals surface area contributed by atoms with Gasteiger partial charge < -0.3 is 0 Å². The molecule has 0 aliphatic carbocycles. The molecule has 0 amide bonds. The van der Waals surface area contributed by atoms with Crippen LogP contribution in [-0.2, 0) is 0 Å². The Morgan fingerprint density at radius 1 is 0.947 bits per heavy atom. The standard InChI is InChI=1S/C16H23Cl3/c1-2-3-4-5-6-7-8-9-15(18)14-11-10-13(17)12-16(14)19/h10-12,15H,2-9H2,1H3. The van der Waals surface area contributed by atoms with Gasteiger partial charge in [0.25, 0.3) is 0 Å². The number of rotatable bonds is 9. The molecule has 1 unspecified atom stereocenters. The number of alkyl halides is 1. The molecule has 19 heavy (non-hydrogen) atoms. The van der Waals surface area contributed by atoms with Crippen molar-refractivity contribution in [3.8, 4) is 0 Å². The fraction of sp³-hybridized carbons (Fsp3) is 0.625. The van der Waals surface area contributed by atoms with Gasteiger partial charge in [-0.2, -0.15) is 0 Å². The molecule has 0 aliphatic rings. The molecule has 0 aromatic heterocycles. The van der Waals surface area contributed by atoms with Crippen LogP contribution < -0.4 is 0 Å². The molecule has 0 bridgehead atoms. The van der Waals surface area contributed by atoms with Crippen molar-refractivity contribution in [3.63, 3.8) is 0 Å². The van der Waals surface area contributed by atoms with Crippen LogP contribution in [0.1, 0.15) is 69.2 Å². The molecule has 0 aliphatic heterocycles. The van der Waals surface area contributed by atoms with Crippen molar-refractivity contribution in [1.29, 1.82) is 0 Å². The number of hydrogen-bond donors (Lipinski definition) is 0. The van der Waals surface area contributed by atoms with Crippen molar-refractivity contribution >= 4 is 34.8 Å². The van der Waals surface area contributed by atoms with Gasteiger partial charge in [-0.05, 0) is 24.1 Å². The normalized spacial score (nSPS) is 12.6. The second-order valence-electron chi connectivity index (χ2n) is 5.04. The van der Waals surface area contributed by atoms with E-state index >= 15 is 0 Å². The average Bonchev–Trinajstić information content (AvgIpc) is 2.37. The number of halogens is 3. The zero-order valence-electron chi connectivity index (χ0n) is 11.6. The first-order chi connectivity index (χ1) is 9.15. The molecule has 0 spiro atoms. The molecular weight excluding hydrogens is 299 g/mol. The number of unbranched alkanes of at least 4 members (excludes halogenated alkanes) is 6. The number of hydrogen-bond acceptors (Lipinski definition) is 0. The largest absolute Gasteiger partial charge is 0.118 e. The third-order valence-electron chi connectivity index (χ3n) is 3.36. The van der Waals surface area contributed by atoms with Gasteiger partial charge >= 0.3 is 0 Å². The summed E-state index contributed by atoms with van der Waals surface area (Å²) in [4.78, 5) is 0. The lowest BCUT2D eigenvalue weighted by Crippen LogP contribution is -1.92. The van der Waals surface area contributed by atoms with Gasteiger partial charge in [-0.25, -0.2) is 0 Å². The van der Waals surface area contributed by atoms with Crippen LogP contribution in [0, 0.1) is 0 Å². The van der Waals surface area contributed by atoms with E-state index in [0.29, 0.717) is 10.0 Å². The van der Waals surface area contributed by atoms with Gasteiger partial charge in [0.15, 0.2) is 0 Å². The minimum absolute atomic E-state index is 0.000378. The topological polar surface area (TPSA) is 0 Å². The van der Waals surface area contributed by atoms with Crippen molar-refractivity contribution in [1.82, 2.24) is 0 Å². The molecule has 3 heteroatoms. The SMILES string of the molecule is CCCCCCCCCC(Cl)c1ccc(Cl)cc1Cl. The van der Waals surface area contributed by atoms with E-state index in [-0.39, 0.29) is 5.38 Å². The summed E-state index contributed by atoms with van der Waals surface area (Å²) in [6, 6.07) is 5.55. The second-order valence-corrected chi connectivity index (χ2v) is 6.41. The summed E-state index contributed by atoms with van der Waals surface area (Å²) in [7, 11) is 0. The van der Waals surface area contributed by atoms with Gasteiger partial charge in [0.1, 0.15) is 0 Å². The Hall–Kier alpha value is 0.0900. The monoisotopic (exact) mass is 320 g/mol. The molecule has 1 aromatic carbocycles. The molecular formula is C16H23Cl3. The molecule has 0 N–H and O–H groups in total. The predicted octanol–water partition coefficient (Wildman–Crippen LogP) is 7.41. The van der Waals surface area contributed by atoms with Gasteiger partial charge in [-0.1, -0.05) is 81.1 Å². The van der Waals surface area contributed by atoms with E-state index in [0.717, 1.165) is 12.0 Å². The Bertz CT molecular complexity index is 363. The summed E-state index contributed by atoms with van der Waals surface area (Å²) in [5.41, 5.74) is 0.999. The van der Waals surface area contributed by atoms with Crippen LogP contribution >= 0.6 is 34.8 Å². The van der Waals surface area contributed by atoms with Crippen LogP contribution in [0.4, 0.5) is 0 Å². The molecule has 0 radical (unpaired) electrons. The minimum Gasteiger partial charge on any atom is -0.118 e. The van der Waals surface area contributed by atoms with E-state index < -0.39 is 0 Å². The highest BCUT2D eigenvalue weighted by Crippen LogP contribution is 2.33. The van der Waals surface area contributed by atoms with Crippen molar-refractivity contribution < 1.29 is 0 Å². The number of benzene rings is 1. The first kappa shape index (κ1) is 17.1. The van der Waals surface area contributed by atoms with Crippen LogP contribution in [0.25, 0.3) is 0 Å². The van der Waals surface area contributed by atoms with Crippen LogP contribution in [0.15, 0.2) is 18.2 Å². The third kappa shape index (κ3) is 6.88. The Morgan fingerprint density at radius 3 is 2.21 bits per heavy atom. The molecule has 1 rings (SSSR count). The lowest BCUT2D eigenvalue weighted by Gasteiger charge is -2.11. The van der Waals surface area contributed by atoms with Crippen molar-refractivity contribution in [3.05, 3.63) is 33.8 Å². The first-order valence-corrected chi connectivity index (χ1v) is 8.43. The highest BCUT2D eigenvalue weighted by Gasteiger charge is 2.11. The summed E-state index contributed by atoms with van der Waals surface area (Å²) < 4.78 is 0. The summed E-state index contributed by atoms with van der Waals surface area (Å²) in [5, 5.41) is 1.34. The molecule has 0 heterocycles. The van der Waals surface area contributed by atoms with Gasteiger partial charge in [-0.15, -0.1) is 11.6 Å². The van der Waals surface area contributed by atoms with E-state index in [1.807, 2.05) is 12.1 Å². The maximum absolute atomic E-state index is 6.40. The lowest BCUT2D eigenvalue weighted by atomic mass is 10.0. The maximum Gasteiger partial charge on any atom is 0.0599 e. The zero-order valence-corrected chi connectivity index (χ0v) is 13.9. The molecule has 1 atom stereocenters. The molecule has 1 aromatic rings. The molecule has 108 valence electrons. The van der Waals surface area contributed by atoms with Gasteiger partial charge in [0.05, 0.1) is 5.38 Å². The molecule has 0 nitrogen and oxygen atoms in total. The van der Waals surface area contributed by atoms with Crippen molar-refractivity contribution in [2.75, 3.05) is 0 Å². The van der Waals surface area contributed by atoms with E-state index in [1.165, 1.54) is 44.9 Å². The van der Waals surface area contributed by atoms with Gasteiger partial charge in [0.2, 0.25) is 0 Å². The molecule has 0 saturated heterocycles. The summed E-state index contributed by atoms with van der Waals surface area (Å²) in [5.74, 6) is 0. The fourth-order valence-electron chi connectivity index (χ4n) is 2.19. The Balaban J connectivity index is 2.22. The predicted molar refractivity (Wildman–Crippen MR) is 87.7 cm³/mol. The van der Waals surface area contributed by atoms with Crippen LogP contribution in [0.5, 0.6) is 0 Å². The Kier molecular flexibility index (Phi) is 8.94. The van der Waals surface area contributed by atoms with Gasteiger partial charge in [-0.3, -0.25) is 0 Å². The third-order valence-corrected chi connectivity index (χ3v) is 4.38. The van der Waals surface area contributed by atoms with Gasteiger partial charge in [0, 0.05) is 10.0 Å². The van der Waals surface area contributed by atoms with E-state index in [9.17, 15) is 0 Å². The smallest absolute Gasteiger partial charge is 0.0599 e. The van der Waals surface area contributed by atoms with Crippen molar-refractivity contribution in [2.24, 2.45) is 0 Å². The maximum atomic E-state index is 6.40. The van der Waals surface area contributed by atoms with Crippen LogP contribution in [-0.4, -0.2) is 0 Å². The zero-order chi connectivity index (χ0) is 14.1. The Morgan fingerprint density at radius 2 is 1.58 bits per heavy atom. The second kappa shape index (κ2) is 9.91. The quantitative estimate of drug-likeness (QED) is 0.328. The molecule has 0 fully saturated rings. The fourth-order valence-corrected chi connectivity index (χ4v) is 3.13. The minimum atomic E-state index is 0.000378. The summed E-state index contributed by atoms with van der Waals surface area (Å²) in [6.45, 7) is 2.24. The summed E-state index contributed by atoms with van der Waals surface area (Å²) >= 11 is 18.4. The highest BCUT2D eigenvalue weighted by atomic mass is 35.5. The Labute approximate surface area is 132 Å². The average molecular weight is 322 g/mol.